The van der Waals surface area contributed by atoms with Gasteiger partial charge < -0.3 is 24.3 Å². The number of hydrogen-bond donors (Lipinski definition) is 1. The third-order valence-electron chi connectivity index (χ3n) is 3.92. The van der Waals surface area contributed by atoms with Crippen molar-refractivity contribution in [2.24, 2.45) is 0 Å². The Morgan fingerprint density at radius 3 is 2.52 bits per heavy atom. The molecule has 0 atom stereocenters. The summed E-state index contributed by atoms with van der Waals surface area (Å²) in [4.78, 5) is 34.4. The lowest BCUT2D eigenvalue weighted by atomic mass is 10.2. The molecule has 31 heavy (non-hydrogen) atoms. The first-order valence-electron chi connectivity index (χ1n) is 9.15. The minimum absolute atomic E-state index is 0.0381. The lowest BCUT2D eigenvalue weighted by Crippen LogP contribution is -2.20. The third kappa shape index (κ3) is 6.74. The van der Waals surface area contributed by atoms with Gasteiger partial charge in [-0.05, 0) is 42.8 Å². The van der Waals surface area contributed by atoms with Gasteiger partial charge in [0, 0.05) is 6.08 Å². The number of anilines is 1. The molecule has 1 amide bonds. The first-order chi connectivity index (χ1) is 14.9. The summed E-state index contributed by atoms with van der Waals surface area (Å²) in [7, 11) is 2.87. The van der Waals surface area contributed by atoms with Gasteiger partial charge in [-0.15, -0.1) is 0 Å². The van der Waals surface area contributed by atoms with Gasteiger partial charge in [0.05, 0.1) is 31.8 Å². The highest BCUT2D eigenvalue weighted by Crippen LogP contribution is 2.29. The van der Waals surface area contributed by atoms with E-state index in [9.17, 15) is 19.7 Å². The normalized spacial score (nSPS) is 10.4. The van der Waals surface area contributed by atoms with Gasteiger partial charge in [-0.2, -0.15) is 0 Å². The number of amides is 1. The van der Waals surface area contributed by atoms with E-state index in [-0.39, 0.29) is 17.1 Å². The Balaban J connectivity index is 1.94. The number of rotatable bonds is 10. The average molecular weight is 430 g/mol. The largest absolute Gasteiger partial charge is 0.496 e. The number of benzene rings is 2. The molecule has 0 unspecified atom stereocenters. The molecule has 0 heterocycles. The molecule has 0 bridgehead atoms. The lowest BCUT2D eigenvalue weighted by molar-refractivity contribution is -0.384. The average Bonchev–Trinajstić information content (AvgIpc) is 2.77. The topological polar surface area (TPSA) is 126 Å². The molecular formula is C21H22N2O8. The predicted octanol–water partition coefficient (Wildman–Crippen LogP) is 3.21. The van der Waals surface area contributed by atoms with Gasteiger partial charge in [-0.3, -0.25) is 14.9 Å². The van der Waals surface area contributed by atoms with Crippen molar-refractivity contribution in [1.82, 2.24) is 0 Å². The molecule has 0 radical (unpaired) electrons. The van der Waals surface area contributed by atoms with Crippen molar-refractivity contribution < 1.29 is 33.5 Å². The maximum atomic E-state index is 12.0. The number of hydrogen-bond acceptors (Lipinski definition) is 8. The molecule has 2 aromatic rings. The van der Waals surface area contributed by atoms with Crippen molar-refractivity contribution in [2.45, 2.75) is 6.92 Å². The maximum Gasteiger partial charge on any atom is 0.331 e. The Labute approximate surface area is 178 Å². The van der Waals surface area contributed by atoms with Gasteiger partial charge in [0.1, 0.15) is 11.4 Å². The number of esters is 1. The zero-order chi connectivity index (χ0) is 22.8. The van der Waals surface area contributed by atoms with Gasteiger partial charge in [-0.25, -0.2) is 4.79 Å². The summed E-state index contributed by atoms with van der Waals surface area (Å²) in [5.41, 5.74) is 0.280. The second-order valence-corrected chi connectivity index (χ2v) is 5.97. The van der Waals surface area contributed by atoms with Crippen molar-refractivity contribution in [3.05, 3.63) is 58.2 Å². The molecule has 164 valence electrons. The van der Waals surface area contributed by atoms with E-state index in [1.807, 2.05) is 6.92 Å². The van der Waals surface area contributed by atoms with E-state index < -0.39 is 23.4 Å². The molecule has 2 rings (SSSR count). The van der Waals surface area contributed by atoms with Crippen LogP contribution < -0.4 is 19.5 Å². The van der Waals surface area contributed by atoms with Gasteiger partial charge >= 0.3 is 5.97 Å². The van der Waals surface area contributed by atoms with Crippen molar-refractivity contribution >= 4 is 29.3 Å². The SMILES string of the molecule is CCOc1ccc(/C=C/C(=O)OCC(=O)Nc2ccc(OC)cc2[N+](=O)[O-])cc1OC. The van der Waals surface area contributed by atoms with Crippen LogP contribution in [0.15, 0.2) is 42.5 Å². The summed E-state index contributed by atoms with van der Waals surface area (Å²) in [6.07, 6.45) is 2.64. The monoisotopic (exact) mass is 430 g/mol. The number of nitro groups is 1. The highest BCUT2D eigenvalue weighted by atomic mass is 16.6. The van der Waals surface area contributed by atoms with Gasteiger partial charge in [0.2, 0.25) is 0 Å². The van der Waals surface area contributed by atoms with Crippen LogP contribution in [0.3, 0.4) is 0 Å². The fourth-order valence-corrected chi connectivity index (χ4v) is 2.49. The van der Waals surface area contributed by atoms with Crippen LogP contribution in [0.2, 0.25) is 0 Å². The van der Waals surface area contributed by atoms with Gasteiger partial charge in [0.25, 0.3) is 11.6 Å². The van der Waals surface area contributed by atoms with E-state index >= 15 is 0 Å². The van der Waals surface area contributed by atoms with Crippen LogP contribution >= 0.6 is 0 Å². The predicted molar refractivity (Wildman–Crippen MR) is 112 cm³/mol. The first-order valence-corrected chi connectivity index (χ1v) is 9.15. The quantitative estimate of drug-likeness (QED) is 0.264. The van der Waals surface area contributed by atoms with Crippen molar-refractivity contribution in [3.63, 3.8) is 0 Å². The number of carbonyl (C=O) groups is 2. The van der Waals surface area contributed by atoms with Crippen LogP contribution in [0.25, 0.3) is 6.08 Å². The third-order valence-corrected chi connectivity index (χ3v) is 3.92. The second-order valence-electron chi connectivity index (χ2n) is 5.97. The molecule has 0 fully saturated rings. The van der Waals surface area contributed by atoms with Gasteiger partial charge in [0.15, 0.2) is 18.1 Å². The smallest absolute Gasteiger partial charge is 0.331 e. The van der Waals surface area contributed by atoms with Crippen molar-refractivity contribution in [1.29, 1.82) is 0 Å². The summed E-state index contributed by atoms with van der Waals surface area (Å²) in [5.74, 6) is -0.121. The standard InChI is InChI=1S/C21H22N2O8/c1-4-30-18-9-5-14(11-19(18)29-3)6-10-21(25)31-13-20(24)22-16-8-7-15(28-2)12-17(16)23(26)27/h5-12H,4,13H2,1-3H3,(H,22,24)/b10-6+. The number of carbonyl (C=O) groups excluding carboxylic acids is 2. The number of nitrogens with one attached hydrogen (secondary N) is 1. The van der Waals surface area contributed by atoms with Crippen LogP contribution in [0.4, 0.5) is 11.4 Å². The number of nitrogens with zero attached hydrogens (tertiary/aromatic N) is 1. The summed E-state index contributed by atoms with van der Waals surface area (Å²) in [6, 6.07) is 9.09. The Morgan fingerprint density at radius 2 is 1.87 bits per heavy atom. The van der Waals surface area contributed by atoms with Crippen molar-refractivity contribution in [3.8, 4) is 17.2 Å². The van der Waals surface area contributed by atoms with Gasteiger partial charge in [-0.1, -0.05) is 6.07 Å². The lowest BCUT2D eigenvalue weighted by Gasteiger charge is -2.09. The number of nitro benzene ring substituents is 1. The molecule has 0 aliphatic rings. The molecule has 1 N–H and O–H groups in total. The summed E-state index contributed by atoms with van der Waals surface area (Å²) in [5, 5.41) is 13.5. The van der Waals surface area contributed by atoms with E-state index in [0.717, 1.165) is 6.08 Å². The minimum Gasteiger partial charge on any atom is -0.496 e. The van der Waals surface area contributed by atoms with Crippen LogP contribution in [0, 0.1) is 10.1 Å². The first kappa shape index (κ1) is 23.2. The summed E-state index contributed by atoms with van der Waals surface area (Å²) in [6.45, 7) is 1.73. The van der Waals surface area contributed by atoms with Crippen LogP contribution in [-0.4, -0.2) is 44.2 Å². The fraction of sp³-hybridized carbons (Fsp3) is 0.238. The molecule has 2 aromatic carbocycles. The summed E-state index contributed by atoms with van der Waals surface area (Å²) >= 11 is 0. The maximum absolute atomic E-state index is 12.0. The molecule has 0 aliphatic carbocycles. The van der Waals surface area contributed by atoms with Crippen LogP contribution in [0.5, 0.6) is 17.2 Å². The molecule has 0 spiro atoms. The Hall–Kier alpha value is -4.08. The van der Waals surface area contributed by atoms with E-state index in [2.05, 4.69) is 5.32 Å². The molecular weight excluding hydrogens is 408 g/mol. The molecule has 0 saturated carbocycles. The molecule has 0 aliphatic heterocycles. The Bertz CT molecular complexity index is 987. The zero-order valence-electron chi connectivity index (χ0n) is 17.2. The number of ether oxygens (including phenoxy) is 4. The van der Waals surface area contributed by atoms with Crippen LogP contribution in [-0.2, 0) is 14.3 Å². The molecule has 0 aromatic heterocycles. The van der Waals surface area contributed by atoms with E-state index in [0.29, 0.717) is 23.7 Å². The molecule has 10 nitrogen and oxygen atoms in total. The van der Waals surface area contributed by atoms with E-state index in [4.69, 9.17) is 18.9 Å². The zero-order valence-corrected chi connectivity index (χ0v) is 17.2. The Morgan fingerprint density at radius 1 is 1.10 bits per heavy atom. The second kappa shape index (κ2) is 11.2. The molecule has 0 saturated heterocycles. The van der Waals surface area contributed by atoms with E-state index in [1.54, 1.807) is 18.2 Å². The van der Waals surface area contributed by atoms with Crippen LogP contribution in [0.1, 0.15) is 12.5 Å². The fourth-order valence-electron chi connectivity index (χ4n) is 2.49. The molecule has 10 heteroatoms. The van der Waals surface area contributed by atoms with E-state index in [1.165, 1.54) is 38.5 Å². The van der Waals surface area contributed by atoms with Crippen molar-refractivity contribution in [2.75, 3.05) is 32.8 Å². The highest BCUT2D eigenvalue weighted by Gasteiger charge is 2.17. The number of methoxy groups -OCH3 is 2. The Kier molecular flexibility index (Phi) is 8.38. The highest BCUT2D eigenvalue weighted by molar-refractivity contribution is 5.96. The minimum atomic E-state index is -0.757. The summed E-state index contributed by atoms with van der Waals surface area (Å²) < 4.78 is 20.5.